The fraction of sp³-hybridized carbons (Fsp3) is 0.136. The van der Waals surface area contributed by atoms with E-state index >= 15 is 0 Å². The van der Waals surface area contributed by atoms with E-state index in [0.29, 0.717) is 17.5 Å². The SMILES string of the molecule is CNS(=O)(=O)c1cccc(CNC(=O)c2ccccc2Cc2ccccc2)c1. The number of carbonyl (C=O) groups is 1. The summed E-state index contributed by atoms with van der Waals surface area (Å²) < 4.78 is 26.2. The Hall–Kier alpha value is -2.96. The van der Waals surface area contributed by atoms with E-state index < -0.39 is 10.0 Å². The van der Waals surface area contributed by atoms with Gasteiger partial charge in [0.15, 0.2) is 0 Å². The Morgan fingerprint density at radius 2 is 1.54 bits per heavy atom. The van der Waals surface area contributed by atoms with Crippen molar-refractivity contribution in [3.05, 3.63) is 101 Å². The lowest BCUT2D eigenvalue weighted by atomic mass is 9.99. The minimum absolute atomic E-state index is 0.172. The second kappa shape index (κ2) is 8.82. The largest absolute Gasteiger partial charge is 0.348 e. The van der Waals surface area contributed by atoms with Gasteiger partial charge >= 0.3 is 0 Å². The van der Waals surface area contributed by atoms with Gasteiger partial charge in [0.2, 0.25) is 10.0 Å². The molecule has 0 saturated carbocycles. The fourth-order valence-electron chi connectivity index (χ4n) is 2.93. The van der Waals surface area contributed by atoms with E-state index in [1.165, 1.54) is 13.1 Å². The topological polar surface area (TPSA) is 75.3 Å². The van der Waals surface area contributed by atoms with E-state index in [-0.39, 0.29) is 17.3 Å². The van der Waals surface area contributed by atoms with Gasteiger partial charge in [-0.05, 0) is 48.4 Å². The molecule has 0 aliphatic rings. The average Bonchev–Trinajstić information content (AvgIpc) is 2.73. The molecule has 0 saturated heterocycles. The third-order valence-corrected chi connectivity index (χ3v) is 5.84. The molecule has 0 atom stereocenters. The molecule has 3 rings (SSSR count). The number of benzene rings is 3. The summed E-state index contributed by atoms with van der Waals surface area (Å²) in [6.45, 7) is 0.242. The summed E-state index contributed by atoms with van der Waals surface area (Å²) in [6, 6.07) is 24.0. The Kier molecular flexibility index (Phi) is 6.23. The molecule has 0 aliphatic heterocycles. The Morgan fingerprint density at radius 1 is 0.857 bits per heavy atom. The van der Waals surface area contributed by atoms with Crippen LogP contribution in [0.1, 0.15) is 27.0 Å². The van der Waals surface area contributed by atoms with Gasteiger partial charge in [0.1, 0.15) is 0 Å². The lowest BCUT2D eigenvalue weighted by Crippen LogP contribution is -2.24. The van der Waals surface area contributed by atoms with E-state index in [9.17, 15) is 13.2 Å². The Balaban J connectivity index is 1.73. The number of rotatable bonds is 7. The van der Waals surface area contributed by atoms with E-state index in [4.69, 9.17) is 0 Å². The molecule has 0 spiro atoms. The van der Waals surface area contributed by atoms with Gasteiger partial charge in [-0.3, -0.25) is 4.79 Å². The van der Waals surface area contributed by atoms with Crippen LogP contribution < -0.4 is 10.0 Å². The predicted molar refractivity (Wildman–Crippen MR) is 110 cm³/mol. The summed E-state index contributed by atoms with van der Waals surface area (Å²) in [6.07, 6.45) is 0.667. The Morgan fingerprint density at radius 3 is 2.29 bits per heavy atom. The molecule has 0 aromatic heterocycles. The number of nitrogens with one attached hydrogen (secondary N) is 2. The predicted octanol–water partition coefficient (Wildman–Crippen LogP) is 3.12. The van der Waals surface area contributed by atoms with Crippen LogP contribution in [0.5, 0.6) is 0 Å². The van der Waals surface area contributed by atoms with Gasteiger partial charge in [-0.25, -0.2) is 13.1 Å². The van der Waals surface area contributed by atoms with Crippen LogP contribution in [0.25, 0.3) is 0 Å². The summed E-state index contributed by atoms with van der Waals surface area (Å²) >= 11 is 0. The minimum atomic E-state index is -3.52. The molecule has 2 N–H and O–H groups in total. The first-order valence-electron chi connectivity index (χ1n) is 8.92. The first-order valence-corrected chi connectivity index (χ1v) is 10.4. The third kappa shape index (κ3) is 4.85. The average molecular weight is 394 g/mol. The standard InChI is InChI=1S/C22H22N2O3S/c1-23-28(26,27)20-12-7-10-18(15-20)16-24-22(25)21-13-6-5-11-19(21)14-17-8-3-2-4-9-17/h2-13,15,23H,14,16H2,1H3,(H,24,25). The molecule has 3 aromatic rings. The van der Waals surface area contributed by atoms with E-state index in [1.54, 1.807) is 24.3 Å². The summed E-state index contributed by atoms with van der Waals surface area (Å²) in [5, 5.41) is 2.88. The van der Waals surface area contributed by atoms with Crippen LogP contribution in [0.4, 0.5) is 0 Å². The molecule has 6 heteroatoms. The quantitative estimate of drug-likeness (QED) is 0.647. The zero-order valence-electron chi connectivity index (χ0n) is 15.6. The molecular formula is C22H22N2O3S. The van der Waals surface area contributed by atoms with Crippen LogP contribution in [0.2, 0.25) is 0 Å². The Bertz CT molecular complexity index is 1060. The third-order valence-electron chi connectivity index (χ3n) is 4.43. The molecule has 0 unspecified atom stereocenters. The fourth-order valence-corrected chi connectivity index (χ4v) is 3.73. The lowest BCUT2D eigenvalue weighted by molar-refractivity contribution is 0.0950. The van der Waals surface area contributed by atoms with Gasteiger partial charge in [0.25, 0.3) is 5.91 Å². The van der Waals surface area contributed by atoms with Crippen LogP contribution in [0.3, 0.4) is 0 Å². The van der Waals surface area contributed by atoms with Crippen molar-refractivity contribution in [1.29, 1.82) is 0 Å². The van der Waals surface area contributed by atoms with Crippen molar-refractivity contribution >= 4 is 15.9 Å². The van der Waals surface area contributed by atoms with E-state index in [2.05, 4.69) is 10.0 Å². The van der Waals surface area contributed by atoms with Gasteiger partial charge in [-0.1, -0.05) is 60.7 Å². The summed E-state index contributed by atoms with van der Waals surface area (Å²) in [4.78, 5) is 12.9. The molecule has 0 radical (unpaired) electrons. The van der Waals surface area contributed by atoms with Crippen molar-refractivity contribution in [3.63, 3.8) is 0 Å². The highest BCUT2D eigenvalue weighted by Crippen LogP contribution is 2.15. The zero-order valence-corrected chi connectivity index (χ0v) is 16.4. The van der Waals surface area contributed by atoms with Gasteiger partial charge in [0, 0.05) is 12.1 Å². The first-order chi connectivity index (χ1) is 13.5. The second-order valence-corrected chi connectivity index (χ2v) is 8.24. The van der Waals surface area contributed by atoms with Gasteiger partial charge in [-0.2, -0.15) is 0 Å². The summed E-state index contributed by atoms with van der Waals surface area (Å²) in [7, 11) is -2.15. The number of amides is 1. The maximum absolute atomic E-state index is 12.7. The second-order valence-electron chi connectivity index (χ2n) is 6.36. The smallest absolute Gasteiger partial charge is 0.251 e. The number of hydrogen-bond donors (Lipinski definition) is 2. The molecule has 28 heavy (non-hydrogen) atoms. The van der Waals surface area contributed by atoms with Crippen LogP contribution in [-0.2, 0) is 23.0 Å². The van der Waals surface area contributed by atoms with Gasteiger partial charge in [-0.15, -0.1) is 0 Å². The molecule has 3 aromatic carbocycles. The van der Waals surface area contributed by atoms with Crippen molar-refractivity contribution < 1.29 is 13.2 Å². The monoisotopic (exact) mass is 394 g/mol. The molecule has 0 aliphatic carbocycles. The maximum atomic E-state index is 12.7. The van der Waals surface area contributed by atoms with Crippen LogP contribution in [0.15, 0.2) is 83.8 Å². The molecule has 5 nitrogen and oxygen atoms in total. The minimum Gasteiger partial charge on any atom is -0.348 e. The summed E-state index contributed by atoms with van der Waals surface area (Å²) in [5.41, 5.74) is 3.40. The van der Waals surface area contributed by atoms with Crippen molar-refractivity contribution in [2.24, 2.45) is 0 Å². The molecule has 0 heterocycles. The Labute approximate surface area is 165 Å². The highest BCUT2D eigenvalue weighted by atomic mass is 32.2. The maximum Gasteiger partial charge on any atom is 0.251 e. The summed E-state index contributed by atoms with van der Waals surface area (Å²) in [5.74, 6) is -0.187. The molecule has 144 valence electrons. The number of sulfonamides is 1. The number of hydrogen-bond acceptors (Lipinski definition) is 3. The number of carbonyl (C=O) groups excluding carboxylic acids is 1. The highest BCUT2D eigenvalue weighted by molar-refractivity contribution is 7.89. The van der Waals surface area contributed by atoms with E-state index in [0.717, 1.165) is 11.1 Å². The molecule has 0 fully saturated rings. The van der Waals surface area contributed by atoms with Crippen LogP contribution in [0, 0.1) is 0 Å². The lowest BCUT2D eigenvalue weighted by Gasteiger charge is -2.11. The zero-order chi connectivity index (χ0) is 20.0. The highest BCUT2D eigenvalue weighted by Gasteiger charge is 2.13. The van der Waals surface area contributed by atoms with Gasteiger partial charge in [0.05, 0.1) is 4.90 Å². The van der Waals surface area contributed by atoms with Crippen molar-refractivity contribution in [3.8, 4) is 0 Å². The molecule has 0 bridgehead atoms. The molecular weight excluding hydrogens is 372 g/mol. The van der Waals surface area contributed by atoms with Crippen LogP contribution >= 0.6 is 0 Å². The first kappa shape index (κ1) is 19.8. The van der Waals surface area contributed by atoms with Crippen molar-refractivity contribution in [1.82, 2.24) is 10.0 Å². The van der Waals surface area contributed by atoms with Crippen LogP contribution in [-0.4, -0.2) is 21.4 Å². The van der Waals surface area contributed by atoms with Crippen molar-refractivity contribution in [2.45, 2.75) is 17.9 Å². The molecule has 1 amide bonds. The normalized spacial score (nSPS) is 11.2. The van der Waals surface area contributed by atoms with Gasteiger partial charge < -0.3 is 5.32 Å². The van der Waals surface area contributed by atoms with E-state index in [1.807, 2.05) is 48.5 Å². The van der Waals surface area contributed by atoms with Crippen molar-refractivity contribution in [2.75, 3.05) is 7.05 Å².